The average molecular weight is 508 g/mol. The molecule has 1 fully saturated rings. The van der Waals surface area contributed by atoms with Crippen LogP contribution in [0.1, 0.15) is 33.2 Å². The number of rotatable bonds is 4. The van der Waals surface area contributed by atoms with E-state index in [0.717, 1.165) is 0 Å². The normalized spacial score (nSPS) is 15.9. The number of amides is 1. The summed E-state index contributed by atoms with van der Waals surface area (Å²) >= 11 is 6.46. The molecule has 1 atom stereocenters. The summed E-state index contributed by atoms with van der Waals surface area (Å²) in [5.41, 5.74) is 0.527. The number of hydrogen-bond donors (Lipinski definition) is 0. The summed E-state index contributed by atoms with van der Waals surface area (Å²) in [4.78, 5) is 36.4. The molecule has 10 heteroatoms. The van der Waals surface area contributed by atoms with E-state index in [4.69, 9.17) is 21.1 Å². The first kappa shape index (κ1) is 23.9. The third-order valence-electron chi connectivity index (χ3n) is 5.86. The zero-order valence-corrected chi connectivity index (χ0v) is 21.0. The summed E-state index contributed by atoms with van der Waals surface area (Å²) in [7, 11) is 0. The number of aromatic nitrogens is 4. The number of halogens is 1. The predicted molar refractivity (Wildman–Crippen MR) is 136 cm³/mol. The van der Waals surface area contributed by atoms with Crippen LogP contribution in [0.15, 0.2) is 65.7 Å². The maximum absolute atomic E-state index is 13.7. The highest BCUT2D eigenvalue weighted by Crippen LogP contribution is 2.30. The van der Waals surface area contributed by atoms with Gasteiger partial charge in [0, 0.05) is 13.1 Å². The minimum atomic E-state index is -0.598. The van der Waals surface area contributed by atoms with Crippen LogP contribution in [0.4, 0.5) is 4.79 Å². The van der Waals surface area contributed by atoms with E-state index in [1.54, 1.807) is 33.7 Å². The molecule has 2 aromatic heterocycles. The van der Waals surface area contributed by atoms with Gasteiger partial charge in [-0.2, -0.15) is 0 Å². The van der Waals surface area contributed by atoms with Gasteiger partial charge in [-0.3, -0.25) is 9.13 Å². The summed E-state index contributed by atoms with van der Waals surface area (Å²) < 4.78 is 14.5. The van der Waals surface area contributed by atoms with Gasteiger partial charge in [-0.1, -0.05) is 29.8 Å². The largest absolute Gasteiger partial charge is 0.457 e. The molecule has 1 amide bonds. The van der Waals surface area contributed by atoms with Crippen molar-refractivity contribution in [1.29, 1.82) is 0 Å². The van der Waals surface area contributed by atoms with Gasteiger partial charge in [-0.05, 0) is 63.6 Å². The van der Waals surface area contributed by atoms with Crippen molar-refractivity contribution in [1.82, 2.24) is 24.0 Å². The minimum absolute atomic E-state index is 0.169. The Morgan fingerprint density at radius 2 is 1.72 bits per heavy atom. The first-order chi connectivity index (χ1) is 17.2. The Bertz CT molecular complexity index is 1460. The molecule has 0 saturated carbocycles. The molecule has 2 aromatic carbocycles. The molecule has 4 aromatic rings. The Morgan fingerprint density at radius 1 is 1.03 bits per heavy atom. The molecule has 1 saturated heterocycles. The van der Waals surface area contributed by atoms with Crippen molar-refractivity contribution < 1.29 is 14.3 Å². The number of carbonyl (C=O) groups is 1. The highest BCUT2D eigenvalue weighted by molar-refractivity contribution is 6.33. The first-order valence-electron chi connectivity index (χ1n) is 11.7. The lowest BCUT2D eigenvalue weighted by molar-refractivity contribution is 0.0289. The number of fused-ring (bicyclic) bond motifs is 1. The lowest BCUT2D eigenvalue weighted by Gasteiger charge is -2.24. The smallest absolute Gasteiger partial charge is 0.410 e. The van der Waals surface area contributed by atoms with E-state index in [1.165, 1.54) is 10.9 Å². The predicted octanol–water partition coefficient (Wildman–Crippen LogP) is 5.21. The van der Waals surface area contributed by atoms with Crippen LogP contribution >= 0.6 is 11.6 Å². The van der Waals surface area contributed by atoms with Gasteiger partial charge in [0.2, 0.25) is 0 Å². The van der Waals surface area contributed by atoms with E-state index in [1.807, 2.05) is 51.1 Å². The van der Waals surface area contributed by atoms with Gasteiger partial charge in [0.1, 0.15) is 28.9 Å². The molecule has 0 unspecified atom stereocenters. The summed E-state index contributed by atoms with van der Waals surface area (Å²) in [5, 5.41) is 0.169. The molecule has 3 heterocycles. The zero-order chi connectivity index (χ0) is 25.4. The van der Waals surface area contributed by atoms with Crippen molar-refractivity contribution in [2.75, 3.05) is 13.1 Å². The summed E-state index contributed by atoms with van der Waals surface area (Å²) in [6.45, 7) is 6.28. The molecule has 36 heavy (non-hydrogen) atoms. The van der Waals surface area contributed by atoms with E-state index in [9.17, 15) is 9.59 Å². The molecule has 9 nitrogen and oxygen atoms in total. The van der Waals surface area contributed by atoms with Crippen molar-refractivity contribution in [2.45, 2.75) is 38.8 Å². The van der Waals surface area contributed by atoms with Gasteiger partial charge in [0.05, 0.1) is 11.7 Å². The Hall–Kier alpha value is -3.85. The van der Waals surface area contributed by atoms with Crippen LogP contribution in [0.3, 0.4) is 0 Å². The van der Waals surface area contributed by atoms with Gasteiger partial charge in [-0.15, -0.1) is 0 Å². The van der Waals surface area contributed by atoms with Crippen LogP contribution < -0.4 is 10.4 Å². The number of carbonyl (C=O) groups excluding carboxylic acids is 1. The lowest BCUT2D eigenvalue weighted by Crippen LogP contribution is -2.36. The SMILES string of the molecule is CC(C)(C)OC(=O)N1CC[C@@H](n2c(=O)n(-c3ccc(Oc4ccccc4)cc3)c3c(Cl)ncnc32)C1. The zero-order valence-electron chi connectivity index (χ0n) is 20.2. The number of hydrogen-bond acceptors (Lipinski definition) is 6. The van der Waals surface area contributed by atoms with Crippen molar-refractivity contribution in [3.63, 3.8) is 0 Å². The van der Waals surface area contributed by atoms with Crippen molar-refractivity contribution in [3.8, 4) is 17.2 Å². The van der Waals surface area contributed by atoms with Crippen molar-refractivity contribution in [2.24, 2.45) is 0 Å². The molecule has 0 bridgehead atoms. The van der Waals surface area contributed by atoms with Crippen LogP contribution in [-0.4, -0.2) is 48.8 Å². The Balaban J connectivity index is 1.49. The van der Waals surface area contributed by atoms with Gasteiger partial charge in [0.25, 0.3) is 0 Å². The van der Waals surface area contributed by atoms with E-state index in [-0.39, 0.29) is 16.9 Å². The van der Waals surface area contributed by atoms with Crippen LogP contribution in [-0.2, 0) is 4.74 Å². The summed E-state index contributed by atoms with van der Waals surface area (Å²) in [6.07, 6.45) is 1.52. The molecule has 1 aliphatic heterocycles. The van der Waals surface area contributed by atoms with Crippen LogP contribution in [0, 0.1) is 0 Å². The standard InChI is InChI=1S/C26H26ClN5O4/c1-26(2,3)36-25(34)30-14-13-18(15-30)32-23-21(22(27)28-16-29-23)31(24(32)33)17-9-11-20(12-10-17)35-19-7-5-4-6-8-19/h4-12,16,18H,13-15H2,1-3H3/t18-/m1/s1. The summed E-state index contributed by atoms with van der Waals surface area (Å²) in [5.74, 6) is 1.35. The Kier molecular flexibility index (Phi) is 6.17. The van der Waals surface area contributed by atoms with E-state index in [2.05, 4.69) is 9.97 Å². The highest BCUT2D eigenvalue weighted by Gasteiger charge is 2.34. The fourth-order valence-corrected chi connectivity index (χ4v) is 4.53. The maximum atomic E-state index is 13.7. The van der Waals surface area contributed by atoms with Crippen LogP contribution in [0.25, 0.3) is 16.9 Å². The summed E-state index contributed by atoms with van der Waals surface area (Å²) in [6, 6.07) is 16.3. The highest BCUT2D eigenvalue weighted by atomic mass is 35.5. The van der Waals surface area contributed by atoms with Gasteiger partial charge in [-0.25, -0.2) is 19.6 Å². The minimum Gasteiger partial charge on any atom is -0.457 e. The monoisotopic (exact) mass is 507 g/mol. The van der Waals surface area contributed by atoms with Crippen molar-refractivity contribution >= 4 is 28.9 Å². The molecule has 0 aliphatic carbocycles. The van der Waals surface area contributed by atoms with E-state index in [0.29, 0.717) is 47.9 Å². The fourth-order valence-electron chi connectivity index (χ4n) is 4.31. The lowest BCUT2D eigenvalue weighted by atomic mass is 10.2. The van der Waals surface area contributed by atoms with Crippen LogP contribution in [0.5, 0.6) is 11.5 Å². The average Bonchev–Trinajstić information content (AvgIpc) is 3.42. The maximum Gasteiger partial charge on any atom is 0.410 e. The number of ether oxygens (including phenoxy) is 2. The first-order valence-corrected chi connectivity index (χ1v) is 12.0. The second-order valence-corrected chi connectivity index (χ2v) is 9.96. The van der Waals surface area contributed by atoms with Crippen LogP contribution in [0.2, 0.25) is 5.15 Å². The van der Waals surface area contributed by atoms with Crippen molar-refractivity contribution in [3.05, 3.63) is 76.6 Å². The number of para-hydroxylation sites is 1. The quantitative estimate of drug-likeness (QED) is 0.352. The molecule has 0 N–H and O–H groups in total. The van der Waals surface area contributed by atoms with Gasteiger partial charge in [0.15, 0.2) is 10.8 Å². The number of nitrogens with zero attached hydrogens (tertiary/aromatic N) is 5. The number of likely N-dealkylation sites (tertiary alicyclic amines) is 1. The molecule has 186 valence electrons. The fraction of sp³-hybridized carbons (Fsp3) is 0.308. The molecular formula is C26H26ClN5O4. The molecule has 0 spiro atoms. The second kappa shape index (κ2) is 9.31. The molecule has 0 radical (unpaired) electrons. The van der Waals surface area contributed by atoms with Gasteiger partial charge < -0.3 is 14.4 Å². The molecule has 5 rings (SSSR count). The second-order valence-electron chi connectivity index (χ2n) is 9.60. The van der Waals surface area contributed by atoms with E-state index >= 15 is 0 Å². The topological polar surface area (TPSA) is 91.5 Å². The molecular weight excluding hydrogens is 482 g/mol. The Labute approximate surface area is 212 Å². The number of imidazole rings is 1. The Morgan fingerprint density at radius 3 is 2.42 bits per heavy atom. The third kappa shape index (κ3) is 4.66. The third-order valence-corrected chi connectivity index (χ3v) is 6.14. The van der Waals surface area contributed by atoms with Gasteiger partial charge >= 0.3 is 11.8 Å². The molecule has 1 aliphatic rings. The van der Waals surface area contributed by atoms with E-state index < -0.39 is 11.7 Å². The number of benzene rings is 2.